The lowest BCUT2D eigenvalue weighted by Crippen LogP contribution is -2.45. The van der Waals surface area contributed by atoms with Gasteiger partial charge in [0.05, 0.1) is 11.1 Å². The minimum atomic E-state index is -0.886. The first-order valence-corrected chi connectivity index (χ1v) is 7.89. The van der Waals surface area contributed by atoms with E-state index in [4.69, 9.17) is 0 Å². The van der Waals surface area contributed by atoms with Crippen LogP contribution in [0.4, 0.5) is 5.69 Å². The fourth-order valence-electron chi connectivity index (χ4n) is 2.75. The summed E-state index contributed by atoms with van der Waals surface area (Å²) in [5.41, 5.74) is 2.49. The Kier molecular flexibility index (Phi) is 4.16. The Morgan fingerprint density at radius 2 is 1.54 bits per heavy atom. The van der Waals surface area contributed by atoms with Gasteiger partial charge in [0.1, 0.15) is 6.04 Å². The molecular weight excluding hydrogens is 304 g/mol. The Morgan fingerprint density at radius 1 is 1.00 bits per heavy atom. The average molecular weight is 322 g/mol. The van der Waals surface area contributed by atoms with Gasteiger partial charge in [-0.3, -0.25) is 19.3 Å². The van der Waals surface area contributed by atoms with Crippen molar-refractivity contribution in [3.8, 4) is 0 Å². The SMILES string of the molecule is CCc1ccc(NC(=O)C(C)N2C(=O)c3ccccc3C2=O)cc1. The molecule has 0 bridgehead atoms. The maximum Gasteiger partial charge on any atom is 0.262 e. The van der Waals surface area contributed by atoms with Crippen LogP contribution in [0.25, 0.3) is 0 Å². The monoisotopic (exact) mass is 322 g/mol. The summed E-state index contributed by atoms with van der Waals surface area (Å²) in [6.45, 7) is 3.61. The Labute approximate surface area is 140 Å². The number of amides is 3. The minimum absolute atomic E-state index is 0.342. The van der Waals surface area contributed by atoms with Crippen LogP contribution in [0, 0.1) is 0 Å². The number of hydrogen-bond donors (Lipinski definition) is 1. The van der Waals surface area contributed by atoms with E-state index < -0.39 is 23.8 Å². The Bertz CT molecular complexity index is 777. The van der Waals surface area contributed by atoms with Crippen LogP contribution in [0.3, 0.4) is 0 Å². The number of carbonyl (C=O) groups is 3. The number of carbonyl (C=O) groups excluding carboxylic acids is 3. The van der Waals surface area contributed by atoms with E-state index in [9.17, 15) is 14.4 Å². The molecule has 24 heavy (non-hydrogen) atoms. The number of fused-ring (bicyclic) bond motifs is 1. The summed E-state index contributed by atoms with van der Waals surface area (Å²) in [6, 6.07) is 13.2. The number of rotatable bonds is 4. The van der Waals surface area contributed by atoms with Crippen LogP contribution < -0.4 is 5.32 Å². The van der Waals surface area contributed by atoms with E-state index in [1.54, 1.807) is 31.2 Å². The molecule has 2 aromatic carbocycles. The van der Waals surface area contributed by atoms with Crippen molar-refractivity contribution in [1.82, 2.24) is 4.90 Å². The first kappa shape index (κ1) is 15.9. The summed E-state index contributed by atoms with van der Waals surface area (Å²) < 4.78 is 0. The Balaban J connectivity index is 1.76. The first-order valence-electron chi connectivity index (χ1n) is 7.89. The molecule has 1 N–H and O–H groups in total. The lowest BCUT2D eigenvalue weighted by Gasteiger charge is -2.21. The normalized spacial score (nSPS) is 14.5. The van der Waals surface area contributed by atoms with Crippen molar-refractivity contribution in [2.24, 2.45) is 0 Å². The Hall–Kier alpha value is -2.95. The van der Waals surface area contributed by atoms with Crippen LogP contribution >= 0.6 is 0 Å². The molecule has 1 unspecified atom stereocenters. The van der Waals surface area contributed by atoms with E-state index in [1.165, 1.54) is 5.56 Å². The van der Waals surface area contributed by atoms with Gasteiger partial charge < -0.3 is 5.32 Å². The van der Waals surface area contributed by atoms with Crippen molar-refractivity contribution in [2.45, 2.75) is 26.3 Å². The third kappa shape index (κ3) is 2.69. The second-order valence-corrected chi connectivity index (χ2v) is 5.74. The number of aryl methyl sites for hydroxylation is 1. The molecule has 2 aromatic rings. The molecule has 0 aromatic heterocycles. The van der Waals surface area contributed by atoms with Crippen molar-refractivity contribution in [3.05, 3.63) is 65.2 Å². The quantitative estimate of drug-likeness (QED) is 0.880. The highest BCUT2D eigenvalue weighted by Gasteiger charge is 2.40. The standard InChI is InChI=1S/C19H18N2O3/c1-3-13-8-10-14(11-9-13)20-17(22)12(2)21-18(23)15-6-4-5-7-16(15)19(21)24/h4-12H,3H2,1-2H3,(H,20,22). The van der Waals surface area contributed by atoms with Gasteiger partial charge in [0.2, 0.25) is 5.91 Å². The zero-order chi connectivity index (χ0) is 17.3. The van der Waals surface area contributed by atoms with Gasteiger partial charge in [-0.25, -0.2) is 0 Å². The van der Waals surface area contributed by atoms with Gasteiger partial charge in [-0.2, -0.15) is 0 Å². The molecule has 1 aliphatic heterocycles. The lowest BCUT2D eigenvalue weighted by molar-refractivity contribution is -0.119. The summed E-state index contributed by atoms with van der Waals surface area (Å²) in [6.07, 6.45) is 0.916. The van der Waals surface area contributed by atoms with E-state index in [1.807, 2.05) is 24.3 Å². The largest absolute Gasteiger partial charge is 0.324 e. The number of imide groups is 1. The molecule has 1 atom stereocenters. The molecule has 122 valence electrons. The van der Waals surface area contributed by atoms with Gasteiger partial charge in [0.25, 0.3) is 11.8 Å². The molecule has 0 saturated carbocycles. The zero-order valence-electron chi connectivity index (χ0n) is 13.6. The third-order valence-electron chi connectivity index (χ3n) is 4.22. The molecule has 0 fully saturated rings. The van der Waals surface area contributed by atoms with Gasteiger partial charge in [0.15, 0.2) is 0 Å². The van der Waals surface area contributed by atoms with Crippen LogP contribution in [0.1, 0.15) is 40.1 Å². The van der Waals surface area contributed by atoms with Crippen molar-refractivity contribution in [1.29, 1.82) is 0 Å². The van der Waals surface area contributed by atoms with Crippen LogP contribution in [0.15, 0.2) is 48.5 Å². The Morgan fingerprint density at radius 3 is 2.04 bits per heavy atom. The summed E-state index contributed by atoms with van der Waals surface area (Å²) in [5, 5.41) is 2.75. The second kappa shape index (κ2) is 6.28. The molecule has 3 amide bonds. The number of hydrogen-bond acceptors (Lipinski definition) is 3. The zero-order valence-corrected chi connectivity index (χ0v) is 13.6. The molecular formula is C19H18N2O3. The first-order chi connectivity index (χ1) is 11.5. The smallest absolute Gasteiger partial charge is 0.262 e. The van der Waals surface area contributed by atoms with Crippen molar-refractivity contribution >= 4 is 23.4 Å². The summed E-state index contributed by atoms with van der Waals surface area (Å²) >= 11 is 0. The van der Waals surface area contributed by atoms with Crippen LogP contribution in [-0.4, -0.2) is 28.7 Å². The van der Waals surface area contributed by atoms with Crippen LogP contribution in [0.2, 0.25) is 0 Å². The topological polar surface area (TPSA) is 66.5 Å². The van der Waals surface area contributed by atoms with E-state index in [0.717, 1.165) is 11.3 Å². The van der Waals surface area contributed by atoms with Gasteiger partial charge in [-0.05, 0) is 43.2 Å². The molecule has 5 nitrogen and oxygen atoms in total. The fourth-order valence-corrected chi connectivity index (χ4v) is 2.75. The maximum absolute atomic E-state index is 12.4. The highest BCUT2D eigenvalue weighted by atomic mass is 16.2. The molecule has 0 saturated heterocycles. The highest BCUT2D eigenvalue weighted by molar-refractivity contribution is 6.23. The van der Waals surface area contributed by atoms with Crippen molar-refractivity contribution in [2.75, 3.05) is 5.32 Å². The van der Waals surface area contributed by atoms with E-state index in [0.29, 0.717) is 16.8 Å². The number of nitrogens with zero attached hydrogens (tertiary/aromatic N) is 1. The van der Waals surface area contributed by atoms with Gasteiger partial charge in [-0.15, -0.1) is 0 Å². The third-order valence-corrected chi connectivity index (χ3v) is 4.22. The van der Waals surface area contributed by atoms with Crippen molar-refractivity contribution < 1.29 is 14.4 Å². The lowest BCUT2D eigenvalue weighted by atomic mass is 10.1. The van der Waals surface area contributed by atoms with Gasteiger partial charge in [-0.1, -0.05) is 31.2 Å². The number of anilines is 1. The number of nitrogens with one attached hydrogen (secondary N) is 1. The predicted octanol–water partition coefficient (Wildman–Crippen LogP) is 2.87. The summed E-state index contributed by atoms with van der Waals surface area (Å²) in [5.74, 6) is -1.26. The van der Waals surface area contributed by atoms with Crippen LogP contribution in [0.5, 0.6) is 0 Å². The second-order valence-electron chi connectivity index (χ2n) is 5.74. The summed E-state index contributed by atoms with van der Waals surface area (Å²) in [7, 11) is 0. The van der Waals surface area contributed by atoms with Gasteiger partial charge in [0, 0.05) is 5.69 Å². The highest BCUT2D eigenvalue weighted by Crippen LogP contribution is 2.25. The maximum atomic E-state index is 12.4. The predicted molar refractivity (Wildman–Crippen MR) is 90.9 cm³/mol. The molecule has 5 heteroatoms. The number of benzene rings is 2. The van der Waals surface area contributed by atoms with Crippen LogP contribution in [-0.2, 0) is 11.2 Å². The summed E-state index contributed by atoms with van der Waals surface area (Å²) in [4.78, 5) is 38.3. The minimum Gasteiger partial charge on any atom is -0.324 e. The van der Waals surface area contributed by atoms with Gasteiger partial charge >= 0.3 is 0 Å². The molecule has 0 aliphatic carbocycles. The molecule has 0 radical (unpaired) electrons. The molecule has 3 rings (SSSR count). The molecule has 1 aliphatic rings. The van der Waals surface area contributed by atoms with Crippen molar-refractivity contribution in [3.63, 3.8) is 0 Å². The fraction of sp³-hybridized carbons (Fsp3) is 0.211. The van der Waals surface area contributed by atoms with E-state index in [-0.39, 0.29) is 0 Å². The van der Waals surface area contributed by atoms with E-state index >= 15 is 0 Å². The van der Waals surface area contributed by atoms with E-state index in [2.05, 4.69) is 12.2 Å². The average Bonchev–Trinajstić information content (AvgIpc) is 2.86. The molecule has 1 heterocycles. The molecule has 0 spiro atoms.